The highest BCUT2D eigenvalue weighted by Gasteiger charge is 2.01. The third kappa shape index (κ3) is 10.7. The predicted molar refractivity (Wildman–Crippen MR) is 109 cm³/mol. The molecule has 0 saturated carbocycles. The maximum Gasteiger partial charge on any atom is 0.126 e. The zero-order chi connectivity index (χ0) is 18.2. The van der Waals surface area contributed by atoms with E-state index >= 15 is 0 Å². The van der Waals surface area contributed by atoms with Crippen LogP contribution < -0.4 is 0 Å². The average Bonchev–Trinajstić information content (AvgIpc) is 2.60. The van der Waals surface area contributed by atoms with E-state index in [9.17, 15) is 10.2 Å². The quantitative estimate of drug-likeness (QED) is 0.273. The van der Waals surface area contributed by atoms with E-state index in [1.165, 1.54) is 64.2 Å². The first-order valence-electron chi connectivity index (χ1n) is 10.1. The molecule has 0 radical (unpaired) electrons. The van der Waals surface area contributed by atoms with Crippen LogP contribution >= 0.6 is 0 Å². The molecule has 0 heterocycles. The van der Waals surface area contributed by atoms with Crippen LogP contribution in [0.2, 0.25) is 0 Å². The molecule has 0 aliphatic carbocycles. The molecule has 1 rings (SSSR count). The lowest BCUT2D eigenvalue weighted by atomic mass is 10.1. The normalized spacial score (nSPS) is 11.7. The molecule has 2 heteroatoms. The van der Waals surface area contributed by atoms with Crippen LogP contribution in [0, 0.1) is 0 Å². The molecule has 0 aliphatic rings. The summed E-state index contributed by atoms with van der Waals surface area (Å²) in [5, 5.41) is 19.4. The van der Waals surface area contributed by atoms with E-state index in [1.807, 2.05) is 6.08 Å². The first-order valence-corrected chi connectivity index (χ1v) is 10.1. The summed E-state index contributed by atoms with van der Waals surface area (Å²) in [5.41, 5.74) is 0.501. The van der Waals surface area contributed by atoms with Crippen molar-refractivity contribution >= 4 is 6.08 Å². The summed E-state index contributed by atoms with van der Waals surface area (Å²) in [6.07, 6.45) is 23.8. The third-order valence-electron chi connectivity index (χ3n) is 4.49. The number of unbranched alkanes of at least 4 members (excludes halogenated alkanes) is 10. The second-order valence-corrected chi connectivity index (χ2v) is 6.78. The van der Waals surface area contributed by atoms with Gasteiger partial charge in [0.25, 0.3) is 0 Å². The zero-order valence-electron chi connectivity index (χ0n) is 15.9. The van der Waals surface area contributed by atoms with Gasteiger partial charge in [0.1, 0.15) is 11.5 Å². The van der Waals surface area contributed by atoms with Crippen LogP contribution in [0.4, 0.5) is 0 Å². The first-order chi connectivity index (χ1) is 12.3. The molecular formula is C23H36O2. The zero-order valence-corrected chi connectivity index (χ0v) is 15.9. The maximum atomic E-state index is 9.68. The highest BCUT2D eigenvalue weighted by atomic mass is 16.3. The fraction of sp³-hybridized carbons (Fsp3) is 0.565. The number of phenols is 2. The number of benzene rings is 1. The van der Waals surface area contributed by atoms with Crippen molar-refractivity contribution in [3.8, 4) is 11.5 Å². The monoisotopic (exact) mass is 344 g/mol. The molecule has 25 heavy (non-hydrogen) atoms. The van der Waals surface area contributed by atoms with Crippen molar-refractivity contribution in [3.63, 3.8) is 0 Å². The van der Waals surface area contributed by atoms with Crippen LogP contribution in [0.5, 0.6) is 11.5 Å². The Bertz CT molecular complexity index is 483. The van der Waals surface area contributed by atoms with Gasteiger partial charge < -0.3 is 10.2 Å². The molecule has 0 saturated heterocycles. The van der Waals surface area contributed by atoms with E-state index in [-0.39, 0.29) is 11.5 Å². The fourth-order valence-corrected chi connectivity index (χ4v) is 2.91. The van der Waals surface area contributed by atoms with Gasteiger partial charge in [0.2, 0.25) is 0 Å². The minimum Gasteiger partial charge on any atom is -0.507 e. The molecule has 0 atom stereocenters. The molecule has 2 N–H and O–H groups in total. The molecule has 1 aromatic rings. The van der Waals surface area contributed by atoms with Crippen LogP contribution in [-0.2, 0) is 0 Å². The lowest BCUT2D eigenvalue weighted by molar-refractivity contribution is 0.448. The Morgan fingerprint density at radius 3 is 1.84 bits per heavy atom. The number of allylic oxidation sites excluding steroid dienone is 3. The summed E-state index contributed by atoms with van der Waals surface area (Å²) in [7, 11) is 0. The van der Waals surface area contributed by atoms with Crippen LogP contribution in [0.3, 0.4) is 0 Å². The van der Waals surface area contributed by atoms with Gasteiger partial charge in [-0.05, 0) is 37.8 Å². The molecule has 0 bridgehead atoms. The number of hydrogen-bond acceptors (Lipinski definition) is 2. The van der Waals surface area contributed by atoms with Crippen LogP contribution in [0.15, 0.2) is 36.4 Å². The van der Waals surface area contributed by atoms with Crippen molar-refractivity contribution in [3.05, 3.63) is 42.0 Å². The maximum absolute atomic E-state index is 9.68. The number of rotatable bonds is 14. The molecule has 0 aromatic heterocycles. The van der Waals surface area contributed by atoms with E-state index in [1.54, 1.807) is 24.3 Å². The molecule has 0 spiro atoms. The molecule has 2 nitrogen and oxygen atoms in total. The van der Waals surface area contributed by atoms with Gasteiger partial charge in [-0.1, -0.05) is 88.7 Å². The van der Waals surface area contributed by atoms with Crippen molar-refractivity contribution in [2.45, 2.75) is 84.0 Å². The standard InChI is InChI=1S/C23H36O2/c1-2-3-4-5-6-7-8-9-10-11-12-13-14-15-16-18-21-22(24)19-17-20-23(21)25/h12-13,16-20,24-25H,2-11,14-15H2,1H3. The van der Waals surface area contributed by atoms with Crippen LogP contribution in [0.25, 0.3) is 6.08 Å². The third-order valence-corrected chi connectivity index (χ3v) is 4.49. The Hall–Kier alpha value is -1.70. The number of aromatic hydroxyl groups is 2. The summed E-state index contributed by atoms with van der Waals surface area (Å²) in [5.74, 6) is 0.245. The fourth-order valence-electron chi connectivity index (χ4n) is 2.91. The van der Waals surface area contributed by atoms with Gasteiger partial charge in [-0.2, -0.15) is 0 Å². The summed E-state index contributed by atoms with van der Waals surface area (Å²) in [6.45, 7) is 2.27. The van der Waals surface area contributed by atoms with Gasteiger partial charge in [0, 0.05) is 0 Å². The van der Waals surface area contributed by atoms with Gasteiger partial charge in [-0.25, -0.2) is 0 Å². The van der Waals surface area contributed by atoms with Crippen molar-refractivity contribution in [2.75, 3.05) is 0 Å². The Labute approximate surface area is 154 Å². The van der Waals surface area contributed by atoms with Gasteiger partial charge >= 0.3 is 0 Å². The first kappa shape index (κ1) is 21.3. The Balaban J connectivity index is 1.98. The van der Waals surface area contributed by atoms with Crippen molar-refractivity contribution in [2.24, 2.45) is 0 Å². The summed E-state index contributed by atoms with van der Waals surface area (Å²) >= 11 is 0. The molecule has 0 aliphatic heterocycles. The smallest absolute Gasteiger partial charge is 0.126 e. The number of hydrogen-bond donors (Lipinski definition) is 2. The molecule has 140 valence electrons. The highest BCUT2D eigenvalue weighted by Crippen LogP contribution is 2.27. The van der Waals surface area contributed by atoms with E-state index in [2.05, 4.69) is 19.1 Å². The Morgan fingerprint density at radius 1 is 0.680 bits per heavy atom. The molecule has 1 aromatic carbocycles. The predicted octanol–water partition coefficient (Wildman–Crippen LogP) is 7.37. The lowest BCUT2D eigenvalue weighted by Crippen LogP contribution is -1.80. The van der Waals surface area contributed by atoms with Gasteiger partial charge in [0.05, 0.1) is 5.56 Å². The van der Waals surface area contributed by atoms with Crippen LogP contribution in [0.1, 0.15) is 89.5 Å². The van der Waals surface area contributed by atoms with Gasteiger partial charge in [-0.15, -0.1) is 0 Å². The highest BCUT2D eigenvalue weighted by molar-refractivity contribution is 5.63. The summed E-state index contributed by atoms with van der Waals surface area (Å²) in [6, 6.07) is 4.81. The summed E-state index contributed by atoms with van der Waals surface area (Å²) < 4.78 is 0. The van der Waals surface area contributed by atoms with Gasteiger partial charge in [-0.3, -0.25) is 0 Å². The molecular weight excluding hydrogens is 308 g/mol. The Morgan fingerprint density at radius 2 is 1.20 bits per heavy atom. The van der Waals surface area contributed by atoms with Gasteiger partial charge in [0.15, 0.2) is 0 Å². The SMILES string of the molecule is CCCCCCCCCCCC=CCCC=Cc1c(O)cccc1O. The van der Waals surface area contributed by atoms with E-state index < -0.39 is 0 Å². The van der Waals surface area contributed by atoms with E-state index in [0.717, 1.165) is 12.8 Å². The molecule has 0 amide bonds. The second kappa shape index (κ2) is 14.6. The lowest BCUT2D eigenvalue weighted by Gasteiger charge is -2.01. The Kier molecular flexibility index (Phi) is 12.5. The minimum absolute atomic E-state index is 0.122. The average molecular weight is 345 g/mol. The molecule has 0 fully saturated rings. The van der Waals surface area contributed by atoms with Crippen LogP contribution in [-0.4, -0.2) is 10.2 Å². The topological polar surface area (TPSA) is 40.5 Å². The second-order valence-electron chi connectivity index (χ2n) is 6.78. The van der Waals surface area contributed by atoms with E-state index in [0.29, 0.717) is 5.56 Å². The molecule has 0 unspecified atom stereocenters. The van der Waals surface area contributed by atoms with Crippen molar-refractivity contribution < 1.29 is 10.2 Å². The summed E-state index contributed by atoms with van der Waals surface area (Å²) in [4.78, 5) is 0. The van der Waals surface area contributed by atoms with Crippen molar-refractivity contribution in [1.82, 2.24) is 0 Å². The minimum atomic E-state index is 0.122. The van der Waals surface area contributed by atoms with E-state index in [4.69, 9.17) is 0 Å². The van der Waals surface area contributed by atoms with Crippen molar-refractivity contribution in [1.29, 1.82) is 0 Å². The number of phenolic OH excluding ortho intramolecular Hbond substituents is 2. The largest absolute Gasteiger partial charge is 0.507 e.